The first-order chi connectivity index (χ1) is 10.5. The van der Waals surface area contributed by atoms with Gasteiger partial charge in [-0.3, -0.25) is 4.79 Å². The van der Waals surface area contributed by atoms with Gasteiger partial charge in [0, 0.05) is 19.1 Å². The van der Waals surface area contributed by atoms with Crippen molar-refractivity contribution in [1.29, 1.82) is 0 Å². The van der Waals surface area contributed by atoms with E-state index in [0.29, 0.717) is 10.6 Å². The molecule has 0 aliphatic heterocycles. The Balaban J connectivity index is 1.83. The highest BCUT2D eigenvalue weighted by molar-refractivity contribution is 14.1. The molecule has 0 bridgehead atoms. The second-order valence-electron chi connectivity index (χ2n) is 4.24. The minimum atomic E-state index is -0.221. The Bertz CT molecular complexity index is 692. The lowest BCUT2D eigenvalue weighted by atomic mass is 10.2. The van der Waals surface area contributed by atoms with Gasteiger partial charge in [-0.25, -0.2) is 5.43 Å². The van der Waals surface area contributed by atoms with Crippen LogP contribution in [-0.4, -0.2) is 23.0 Å². The van der Waals surface area contributed by atoms with Gasteiger partial charge in [-0.2, -0.15) is 5.10 Å². The summed E-state index contributed by atoms with van der Waals surface area (Å²) in [6.45, 7) is 0. The number of nitrogens with one attached hydrogen (secondary N) is 1. The van der Waals surface area contributed by atoms with Crippen molar-refractivity contribution >= 4 is 58.1 Å². The Morgan fingerprint density at radius 2 is 2.05 bits per heavy atom. The summed E-state index contributed by atoms with van der Waals surface area (Å²) in [5, 5.41) is 14.2. The Kier molecular flexibility index (Phi) is 6.53. The fourth-order valence-electron chi connectivity index (χ4n) is 1.51. The number of halogens is 2. The normalized spacial score (nSPS) is 10.8. The quantitative estimate of drug-likeness (QED) is 0.317. The first-order valence-corrected chi connectivity index (χ1v) is 8.67. The number of phenols is 1. The van der Waals surface area contributed by atoms with Gasteiger partial charge >= 0.3 is 0 Å². The van der Waals surface area contributed by atoms with E-state index in [4.69, 9.17) is 11.6 Å². The highest BCUT2D eigenvalue weighted by atomic mass is 127. The SMILES string of the molecule is O=C(CSc1ccc(Cl)cc1)N/N=C/c1cc(I)ccc1O. The average Bonchev–Trinajstić information content (AvgIpc) is 2.50. The molecule has 0 fully saturated rings. The molecule has 2 aromatic carbocycles. The number of aromatic hydroxyl groups is 1. The smallest absolute Gasteiger partial charge is 0.250 e. The van der Waals surface area contributed by atoms with Gasteiger partial charge in [0.15, 0.2) is 0 Å². The summed E-state index contributed by atoms with van der Waals surface area (Å²) in [6, 6.07) is 12.4. The van der Waals surface area contributed by atoms with Crippen molar-refractivity contribution in [2.24, 2.45) is 5.10 Å². The van der Waals surface area contributed by atoms with Crippen molar-refractivity contribution in [3.8, 4) is 5.75 Å². The van der Waals surface area contributed by atoms with Crippen LogP contribution < -0.4 is 5.43 Å². The third kappa shape index (κ3) is 5.51. The summed E-state index contributed by atoms with van der Waals surface area (Å²) in [6.07, 6.45) is 1.42. The fourth-order valence-corrected chi connectivity index (χ4v) is 2.85. The number of hydrogen-bond acceptors (Lipinski definition) is 4. The van der Waals surface area contributed by atoms with Crippen molar-refractivity contribution in [3.05, 3.63) is 56.6 Å². The average molecular weight is 447 g/mol. The van der Waals surface area contributed by atoms with E-state index in [2.05, 4.69) is 33.1 Å². The molecule has 0 heterocycles. The largest absolute Gasteiger partial charge is 0.507 e. The molecule has 0 saturated heterocycles. The van der Waals surface area contributed by atoms with Crippen LogP contribution in [0.4, 0.5) is 0 Å². The number of amides is 1. The van der Waals surface area contributed by atoms with Crippen LogP contribution in [0, 0.1) is 3.57 Å². The predicted molar refractivity (Wildman–Crippen MR) is 98.7 cm³/mol. The molecule has 7 heteroatoms. The Morgan fingerprint density at radius 3 is 2.77 bits per heavy atom. The molecule has 0 radical (unpaired) electrons. The molecule has 2 rings (SSSR count). The van der Waals surface area contributed by atoms with E-state index in [1.165, 1.54) is 18.0 Å². The number of carbonyl (C=O) groups excluding carboxylic acids is 1. The topological polar surface area (TPSA) is 61.7 Å². The van der Waals surface area contributed by atoms with Crippen LogP contribution in [-0.2, 0) is 4.79 Å². The van der Waals surface area contributed by atoms with Crippen molar-refractivity contribution in [1.82, 2.24) is 5.43 Å². The monoisotopic (exact) mass is 446 g/mol. The molecule has 0 spiro atoms. The van der Waals surface area contributed by atoms with E-state index >= 15 is 0 Å². The molecule has 0 aromatic heterocycles. The molecule has 2 aromatic rings. The van der Waals surface area contributed by atoms with Gasteiger partial charge in [-0.1, -0.05) is 11.6 Å². The van der Waals surface area contributed by atoms with E-state index < -0.39 is 0 Å². The zero-order valence-electron chi connectivity index (χ0n) is 11.3. The summed E-state index contributed by atoms with van der Waals surface area (Å²) in [4.78, 5) is 12.6. The summed E-state index contributed by atoms with van der Waals surface area (Å²) in [5.74, 6) is 0.146. The predicted octanol–water partition coefficient (Wildman–Crippen LogP) is 3.89. The first kappa shape index (κ1) is 17.1. The number of nitrogens with zero attached hydrogens (tertiary/aromatic N) is 1. The van der Waals surface area contributed by atoms with E-state index in [0.717, 1.165) is 8.47 Å². The molecule has 4 nitrogen and oxygen atoms in total. The van der Waals surface area contributed by atoms with E-state index in [1.807, 2.05) is 12.1 Å². The highest BCUT2D eigenvalue weighted by Gasteiger charge is 2.02. The lowest BCUT2D eigenvalue weighted by Crippen LogP contribution is -2.19. The number of thioether (sulfide) groups is 1. The Morgan fingerprint density at radius 1 is 1.32 bits per heavy atom. The summed E-state index contributed by atoms with van der Waals surface area (Å²) in [5.41, 5.74) is 2.98. The van der Waals surface area contributed by atoms with Crippen molar-refractivity contribution in [3.63, 3.8) is 0 Å². The molecule has 0 aliphatic rings. The summed E-state index contributed by atoms with van der Waals surface area (Å²) < 4.78 is 0.974. The van der Waals surface area contributed by atoms with Crippen LogP contribution in [0.15, 0.2) is 52.5 Å². The number of rotatable bonds is 5. The van der Waals surface area contributed by atoms with Gasteiger partial charge in [0.25, 0.3) is 0 Å². The second kappa shape index (κ2) is 8.40. The Labute approximate surface area is 151 Å². The zero-order valence-corrected chi connectivity index (χ0v) is 15.0. The van der Waals surface area contributed by atoms with E-state index in [1.54, 1.807) is 30.3 Å². The fraction of sp³-hybridized carbons (Fsp3) is 0.0667. The van der Waals surface area contributed by atoms with Crippen LogP contribution >= 0.6 is 46.0 Å². The number of hydrogen-bond donors (Lipinski definition) is 2. The van der Waals surface area contributed by atoms with Gasteiger partial charge < -0.3 is 5.11 Å². The molecule has 0 aliphatic carbocycles. The third-order valence-corrected chi connectivity index (χ3v) is 4.50. The van der Waals surface area contributed by atoms with Gasteiger partial charge in [0.05, 0.1) is 12.0 Å². The molecule has 114 valence electrons. The minimum Gasteiger partial charge on any atom is -0.507 e. The van der Waals surface area contributed by atoms with Crippen LogP contribution in [0.1, 0.15) is 5.56 Å². The number of benzene rings is 2. The lowest BCUT2D eigenvalue weighted by Gasteiger charge is -2.02. The Hall–Kier alpha value is -1.25. The molecule has 1 amide bonds. The van der Waals surface area contributed by atoms with Gasteiger partial charge in [0.1, 0.15) is 5.75 Å². The molecular weight excluding hydrogens is 435 g/mol. The lowest BCUT2D eigenvalue weighted by molar-refractivity contribution is -0.118. The summed E-state index contributed by atoms with van der Waals surface area (Å²) >= 11 is 9.33. The van der Waals surface area contributed by atoms with Crippen molar-refractivity contribution in [2.75, 3.05) is 5.75 Å². The standard InChI is InChI=1S/C15H12ClIN2O2S/c16-11-1-4-13(5-2-11)22-9-15(21)19-18-8-10-7-12(17)3-6-14(10)20/h1-8,20H,9H2,(H,19,21)/b18-8+. The molecule has 0 saturated carbocycles. The van der Waals surface area contributed by atoms with Gasteiger partial charge in [-0.05, 0) is 65.1 Å². The minimum absolute atomic E-state index is 0.119. The maximum absolute atomic E-state index is 11.7. The van der Waals surface area contributed by atoms with E-state index in [9.17, 15) is 9.90 Å². The maximum atomic E-state index is 11.7. The molecule has 0 unspecified atom stereocenters. The maximum Gasteiger partial charge on any atom is 0.250 e. The van der Waals surface area contributed by atoms with Gasteiger partial charge in [0.2, 0.25) is 5.91 Å². The second-order valence-corrected chi connectivity index (χ2v) is 6.97. The molecule has 22 heavy (non-hydrogen) atoms. The molecule has 0 atom stereocenters. The van der Waals surface area contributed by atoms with Crippen molar-refractivity contribution < 1.29 is 9.90 Å². The third-order valence-electron chi connectivity index (χ3n) is 2.57. The zero-order chi connectivity index (χ0) is 15.9. The summed E-state index contributed by atoms with van der Waals surface area (Å²) in [7, 11) is 0. The van der Waals surface area contributed by atoms with Crippen molar-refractivity contribution in [2.45, 2.75) is 4.90 Å². The molecule has 2 N–H and O–H groups in total. The number of hydrazone groups is 1. The van der Waals surface area contributed by atoms with Crippen LogP contribution in [0.2, 0.25) is 5.02 Å². The van der Waals surface area contributed by atoms with E-state index in [-0.39, 0.29) is 17.4 Å². The highest BCUT2D eigenvalue weighted by Crippen LogP contribution is 2.20. The number of carbonyl (C=O) groups is 1. The first-order valence-electron chi connectivity index (χ1n) is 6.23. The van der Waals surface area contributed by atoms with Crippen LogP contribution in [0.5, 0.6) is 5.75 Å². The van der Waals surface area contributed by atoms with Crippen LogP contribution in [0.3, 0.4) is 0 Å². The molecular formula is C15H12ClIN2O2S. The van der Waals surface area contributed by atoms with Gasteiger partial charge in [-0.15, -0.1) is 11.8 Å². The number of phenolic OH excluding ortho intramolecular Hbond substituents is 1. The van der Waals surface area contributed by atoms with Crippen LogP contribution in [0.25, 0.3) is 0 Å².